The summed E-state index contributed by atoms with van der Waals surface area (Å²) in [6, 6.07) is 0. The van der Waals surface area contributed by atoms with Crippen molar-refractivity contribution in [3.63, 3.8) is 0 Å². The molecule has 12 heavy (non-hydrogen) atoms. The lowest BCUT2D eigenvalue weighted by Crippen LogP contribution is -2.41. The fraction of sp³-hybridized carbons (Fsp3) is 1.00. The van der Waals surface area contributed by atoms with Gasteiger partial charge in [0, 0.05) is 6.23 Å². The van der Waals surface area contributed by atoms with Crippen LogP contribution in [0.5, 0.6) is 0 Å². The van der Waals surface area contributed by atoms with Gasteiger partial charge in [-0.1, -0.05) is 26.2 Å². The molecule has 0 aliphatic carbocycles. The van der Waals surface area contributed by atoms with Crippen LogP contribution in [-0.2, 0) is 8.54 Å². The molecule has 2 nitrogen and oxygen atoms in total. The summed E-state index contributed by atoms with van der Waals surface area (Å²) in [5.74, 6) is 0. The standard InChI is InChI=1S/C7H22O2Si3/c1-10-9-12(5,6)8-7-11(2,3)4/h7,10H2,1-6H3. The van der Waals surface area contributed by atoms with Crippen molar-refractivity contribution >= 4 is 26.4 Å². The molecule has 0 aliphatic heterocycles. The van der Waals surface area contributed by atoms with Gasteiger partial charge in [-0.15, -0.1) is 0 Å². The maximum absolute atomic E-state index is 5.85. The zero-order valence-electron chi connectivity index (χ0n) is 9.23. The average molecular weight is 223 g/mol. The lowest BCUT2D eigenvalue weighted by atomic mass is 11.7. The third kappa shape index (κ3) is 7.23. The van der Waals surface area contributed by atoms with Gasteiger partial charge in [0.1, 0.15) is 9.76 Å². The van der Waals surface area contributed by atoms with E-state index in [2.05, 4.69) is 39.3 Å². The summed E-state index contributed by atoms with van der Waals surface area (Å²) < 4.78 is 11.5. The lowest BCUT2D eigenvalue weighted by Gasteiger charge is -2.26. The molecule has 5 heteroatoms. The van der Waals surface area contributed by atoms with E-state index >= 15 is 0 Å². The van der Waals surface area contributed by atoms with Gasteiger partial charge < -0.3 is 8.54 Å². The Morgan fingerprint density at radius 3 is 1.92 bits per heavy atom. The quantitative estimate of drug-likeness (QED) is 0.660. The van der Waals surface area contributed by atoms with Gasteiger partial charge in [0.05, 0.1) is 8.07 Å². The molecule has 0 amide bonds. The van der Waals surface area contributed by atoms with Crippen LogP contribution < -0.4 is 0 Å². The fourth-order valence-corrected chi connectivity index (χ4v) is 7.02. The summed E-state index contributed by atoms with van der Waals surface area (Å²) >= 11 is 0. The molecule has 74 valence electrons. The molecule has 0 heterocycles. The molecule has 0 unspecified atom stereocenters. The predicted molar refractivity (Wildman–Crippen MR) is 62.3 cm³/mol. The Morgan fingerprint density at radius 2 is 1.58 bits per heavy atom. The topological polar surface area (TPSA) is 18.5 Å². The van der Waals surface area contributed by atoms with E-state index in [-0.39, 0.29) is 9.76 Å². The van der Waals surface area contributed by atoms with Gasteiger partial charge in [-0.3, -0.25) is 0 Å². The van der Waals surface area contributed by atoms with Crippen LogP contribution in [0.4, 0.5) is 0 Å². The Hall–Kier alpha value is 0.571. The highest BCUT2D eigenvalue weighted by atomic mass is 28.4. The lowest BCUT2D eigenvalue weighted by molar-refractivity contribution is 0.295. The van der Waals surface area contributed by atoms with E-state index in [0.29, 0.717) is 0 Å². The van der Waals surface area contributed by atoms with Crippen LogP contribution in [0.3, 0.4) is 0 Å². The first-order chi connectivity index (χ1) is 5.27. The summed E-state index contributed by atoms with van der Waals surface area (Å²) in [5.41, 5.74) is 0. The van der Waals surface area contributed by atoms with E-state index in [9.17, 15) is 0 Å². The molecule has 0 atom stereocenters. The third-order valence-electron chi connectivity index (χ3n) is 1.34. The fourth-order valence-electron chi connectivity index (χ4n) is 0.780. The first-order valence-corrected chi connectivity index (χ1v) is 13.1. The summed E-state index contributed by atoms with van der Waals surface area (Å²) in [4.78, 5) is 0. The molecule has 0 N–H and O–H groups in total. The highest BCUT2D eigenvalue weighted by Crippen LogP contribution is 2.09. The predicted octanol–water partition coefficient (Wildman–Crippen LogP) is 1.73. The van der Waals surface area contributed by atoms with Crippen molar-refractivity contribution < 1.29 is 8.54 Å². The highest BCUT2D eigenvalue weighted by molar-refractivity contribution is 6.77. The summed E-state index contributed by atoms with van der Waals surface area (Å²) in [5, 5.41) is 0. The average Bonchev–Trinajstić information content (AvgIpc) is 1.83. The van der Waals surface area contributed by atoms with Crippen LogP contribution in [0.1, 0.15) is 0 Å². The Morgan fingerprint density at radius 1 is 1.08 bits per heavy atom. The molecular weight excluding hydrogens is 200 g/mol. The summed E-state index contributed by atoms with van der Waals surface area (Å²) in [7, 11) is -3.07. The van der Waals surface area contributed by atoms with E-state index < -0.39 is 16.6 Å². The van der Waals surface area contributed by atoms with Gasteiger partial charge in [-0.05, 0) is 13.1 Å². The molecule has 0 aromatic carbocycles. The molecule has 0 aromatic heterocycles. The van der Waals surface area contributed by atoms with E-state index in [4.69, 9.17) is 8.54 Å². The Balaban J connectivity index is 3.75. The molecule has 0 fully saturated rings. The second-order valence-electron chi connectivity index (χ2n) is 4.68. The molecule has 0 bridgehead atoms. The molecule has 0 saturated heterocycles. The first-order valence-electron chi connectivity index (χ1n) is 4.55. The maximum atomic E-state index is 5.85. The van der Waals surface area contributed by atoms with Gasteiger partial charge in [0.15, 0.2) is 0 Å². The molecule has 0 aromatic rings. The number of hydrogen-bond acceptors (Lipinski definition) is 2. The summed E-state index contributed by atoms with van der Waals surface area (Å²) in [6.45, 7) is 13.4. The van der Waals surface area contributed by atoms with Crippen LogP contribution in [-0.4, -0.2) is 32.6 Å². The van der Waals surface area contributed by atoms with E-state index in [1.165, 1.54) is 0 Å². The summed E-state index contributed by atoms with van der Waals surface area (Å²) in [6.07, 6.45) is 0.945. The van der Waals surface area contributed by atoms with E-state index in [1.54, 1.807) is 0 Å². The molecule has 0 saturated carbocycles. The zero-order chi connectivity index (χ0) is 9.83. The van der Waals surface area contributed by atoms with Crippen LogP contribution in [0.2, 0.25) is 39.3 Å². The monoisotopic (exact) mass is 222 g/mol. The van der Waals surface area contributed by atoms with Crippen LogP contribution in [0, 0.1) is 0 Å². The maximum Gasteiger partial charge on any atom is 0.320 e. The Kier molecular flexibility index (Phi) is 4.93. The molecule has 0 aliphatic rings. The van der Waals surface area contributed by atoms with Crippen molar-refractivity contribution in [3.8, 4) is 0 Å². The number of hydrogen-bond donors (Lipinski definition) is 0. The minimum Gasteiger partial charge on any atom is -0.442 e. The second-order valence-corrected chi connectivity index (χ2v) is 14.9. The van der Waals surface area contributed by atoms with E-state index in [1.807, 2.05) is 0 Å². The van der Waals surface area contributed by atoms with Crippen LogP contribution in [0.25, 0.3) is 0 Å². The normalized spacial score (nSPS) is 14.5. The van der Waals surface area contributed by atoms with Crippen molar-refractivity contribution in [1.82, 2.24) is 0 Å². The minimum atomic E-state index is -1.72. The Labute approximate surface area is 80.9 Å². The molecule has 0 rings (SSSR count). The van der Waals surface area contributed by atoms with Gasteiger partial charge in [0.2, 0.25) is 0 Å². The highest BCUT2D eigenvalue weighted by Gasteiger charge is 2.26. The van der Waals surface area contributed by atoms with Crippen molar-refractivity contribution in [2.75, 3.05) is 6.23 Å². The van der Waals surface area contributed by atoms with Gasteiger partial charge >= 0.3 is 8.56 Å². The molecule has 0 spiro atoms. The molecular formula is C7H22O2Si3. The van der Waals surface area contributed by atoms with Gasteiger partial charge in [-0.25, -0.2) is 0 Å². The second kappa shape index (κ2) is 4.71. The minimum absolute atomic E-state index is 0.302. The van der Waals surface area contributed by atoms with Crippen molar-refractivity contribution in [2.45, 2.75) is 39.3 Å². The first kappa shape index (κ1) is 12.6. The largest absolute Gasteiger partial charge is 0.442 e. The van der Waals surface area contributed by atoms with Crippen molar-refractivity contribution in [1.29, 1.82) is 0 Å². The van der Waals surface area contributed by atoms with E-state index in [0.717, 1.165) is 6.23 Å². The third-order valence-corrected chi connectivity index (χ3v) is 7.42. The van der Waals surface area contributed by atoms with Crippen molar-refractivity contribution in [3.05, 3.63) is 0 Å². The van der Waals surface area contributed by atoms with Gasteiger partial charge in [0.25, 0.3) is 0 Å². The molecule has 0 radical (unpaired) electrons. The van der Waals surface area contributed by atoms with Crippen LogP contribution in [0.15, 0.2) is 0 Å². The zero-order valence-corrected chi connectivity index (χ0v) is 12.6. The van der Waals surface area contributed by atoms with Gasteiger partial charge in [-0.2, -0.15) is 0 Å². The SMILES string of the molecule is C[SiH2]O[Si](C)(C)OC[Si](C)(C)C. The smallest absolute Gasteiger partial charge is 0.320 e. The number of rotatable bonds is 5. The Bertz CT molecular complexity index is 131. The van der Waals surface area contributed by atoms with Crippen LogP contribution >= 0.6 is 0 Å². The van der Waals surface area contributed by atoms with Crippen molar-refractivity contribution in [2.24, 2.45) is 0 Å².